The SMILES string of the molecule is CC1CN(CC2CCCN2C(=O)C2CC(=O)N(Cc3ccco3)C2)CC(C)O1. The van der Waals surface area contributed by atoms with Gasteiger partial charge in [0, 0.05) is 45.2 Å². The predicted molar refractivity (Wildman–Crippen MR) is 103 cm³/mol. The van der Waals surface area contributed by atoms with E-state index in [-0.39, 0.29) is 36.0 Å². The molecule has 0 radical (unpaired) electrons. The van der Waals surface area contributed by atoms with E-state index in [1.54, 1.807) is 11.2 Å². The van der Waals surface area contributed by atoms with Gasteiger partial charge < -0.3 is 19.0 Å². The smallest absolute Gasteiger partial charge is 0.228 e. The van der Waals surface area contributed by atoms with Crippen LogP contribution in [0, 0.1) is 5.92 Å². The maximum Gasteiger partial charge on any atom is 0.228 e. The van der Waals surface area contributed by atoms with E-state index in [9.17, 15) is 9.59 Å². The minimum absolute atomic E-state index is 0.0429. The number of carbonyl (C=O) groups excluding carboxylic acids is 2. The number of rotatable bonds is 5. The summed E-state index contributed by atoms with van der Waals surface area (Å²) >= 11 is 0. The molecule has 3 fully saturated rings. The molecule has 3 saturated heterocycles. The van der Waals surface area contributed by atoms with Crippen molar-refractivity contribution in [1.82, 2.24) is 14.7 Å². The number of hydrogen-bond donors (Lipinski definition) is 0. The standard InChI is InChI=1S/C21H31N3O4/c1-15-10-22(11-16(2)28-15)13-18-5-3-7-24(18)21(26)17-9-20(25)23(12-17)14-19-6-4-8-27-19/h4,6,8,15-18H,3,5,7,9-14H2,1-2H3. The van der Waals surface area contributed by atoms with E-state index >= 15 is 0 Å². The highest BCUT2D eigenvalue weighted by atomic mass is 16.5. The third kappa shape index (κ3) is 4.25. The first kappa shape index (κ1) is 19.5. The zero-order valence-electron chi connectivity index (χ0n) is 16.9. The molecule has 4 atom stereocenters. The predicted octanol–water partition coefficient (Wildman–Crippen LogP) is 1.73. The van der Waals surface area contributed by atoms with Gasteiger partial charge in [0.2, 0.25) is 11.8 Å². The molecule has 4 heterocycles. The highest BCUT2D eigenvalue weighted by molar-refractivity contribution is 5.89. The summed E-state index contributed by atoms with van der Waals surface area (Å²) in [7, 11) is 0. The van der Waals surface area contributed by atoms with Crippen molar-refractivity contribution in [3.8, 4) is 0 Å². The molecule has 0 aliphatic carbocycles. The number of amides is 2. The van der Waals surface area contributed by atoms with Gasteiger partial charge in [0.1, 0.15) is 5.76 Å². The third-order valence-corrected chi connectivity index (χ3v) is 6.11. The Morgan fingerprint density at radius 1 is 1.21 bits per heavy atom. The van der Waals surface area contributed by atoms with Crippen LogP contribution >= 0.6 is 0 Å². The fourth-order valence-corrected chi connectivity index (χ4v) is 4.96. The van der Waals surface area contributed by atoms with Crippen molar-refractivity contribution >= 4 is 11.8 Å². The fourth-order valence-electron chi connectivity index (χ4n) is 4.96. The minimum atomic E-state index is -0.231. The van der Waals surface area contributed by atoms with Crippen molar-refractivity contribution < 1.29 is 18.7 Å². The Bertz CT molecular complexity index is 682. The van der Waals surface area contributed by atoms with Crippen LogP contribution in [0.3, 0.4) is 0 Å². The number of hydrogen-bond acceptors (Lipinski definition) is 5. The first-order valence-electron chi connectivity index (χ1n) is 10.5. The Hall–Kier alpha value is -1.86. The molecule has 0 spiro atoms. The quantitative estimate of drug-likeness (QED) is 0.767. The van der Waals surface area contributed by atoms with Gasteiger partial charge in [-0.05, 0) is 38.8 Å². The van der Waals surface area contributed by atoms with Gasteiger partial charge in [0.25, 0.3) is 0 Å². The van der Waals surface area contributed by atoms with Gasteiger partial charge in [-0.15, -0.1) is 0 Å². The second kappa shape index (κ2) is 8.25. The Labute approximate surface area is 166 Å². The van der Waals surface area contributed by atoms with E-state index < -0.39 is 0 Å². The molecule has 3 aliphatic rings. The lowest BCUT2D eigenvalue weighted by molar-refractivity contribution is -0.137. The summed E-state index contributed by atoms with van der Waals surface area (Å²) in [6, 6.07) is 3.93. The van der Waals surface area contributed by atoms with Gasteiger partial charge in [-0.1, -0.05) is 0 Å². The molecule has 0 aromatic carbocycles. The lowest BCUT2D eigenvalue weighted by Crippen LogP contribution is -2.51. The summed E-state index contributed by atoms with van der Waals surface area (Å²) < 4.78 is 11.2. The lowest BCUT2D eigenvalue weighted by atomic mass is 10.1. The van der Waals surface area contributed by atoms with Crippen molar-refractivity contribution in [2.45, 2.75) is 57.9 Å². The van der Waals surface area contributed by atoms with E-state index in [1.807, 2.05) is 17.0 Å². The molecule has 0 saturated carbocycles. The minimum Gasteiger partial charge on any atom is -0.467 e. The zero-order chi connectivity index (χ0) is 19.7. The second-order valence-corrected chi connectivity index (χ2v) is 8.56. The van der Waals surface area contributed by atoms with Crippen LogP contribution in [0.5, 0.6) is 0 Å². The first-order chi connectivity index (χ1) is 13.5. The monoisotopic (exact) mass is 389 g/mol. The normalized spacial score (nSPS) is 31.7. The number of ether oxygens (including phenoxy) is 1. The molecular formula is C21H31N3O4. The van der Waals surface area contributed by atoms with Crippen LogP contribution in [0.25, 0.3) is 0 Å². The van der Waals surface area contributed by atoms with Crippen molar-refractivity contribution in [1.29, 1.82) is 0 Å². The lowest BCUT2D eigenvalue weighted by Gasteiger charge is -2.38. The van der Waals surface area contributed by atoms with Gasteiger partial charge >= 0.3 is 0 Å². The molecule has 1 aromatic rings. The summed E-state index contributed by atoms with van der Waals surface area (Å²) in [6.45, 7) is 8.71. The Morgan fingerprint density at radius 2 is 2.00 bits per heavy atom. The number of furan rings is 1. The van der Waals surface area contributed by atoms with Crippen molar-refractivity contribution in [2.75, 3.05) is 32.7 Å². The average Bonchev–Trinajstić information content (AvgIpc) is 3.36. The van der Waals surface area contributed by atoms with Gasteiger partial charge in [-0.25, -0.2) is 0 Å². The van der Waals surface area contributed by atoms with Gasteiger partial charge in [0.15, 0.2) is 0 Å². The second-order valence-electron chi connectivity index (χ2n) is 8.56. The summed E-state index contributed by atoms with van der Waals surface area (Å²) in [6.07, 6.45) is 4.48. The van der Waals surface area contributed by atoms with Crippen LogP contribution in [0.1, 0.15) is 38.9 Å². The van der Waals surface area contributed by atoms with Gasteiger partial charge in [0.05, 0.1) is 30.9 Å². The van der Waals surface area contributed by atoms with Gasteiger partial charge in [-0.2, -0.15) is 0 Å². The Balaban J connectivity index is 1.35. The molecule has 7 heteroatoms. The molecule has 2 amide bonds. The molecule has 0 N–H and O–H groups in total. The number of morpholine rings is 1. The molecule has 4 rings (SSSR count). The highest BCUT2D eigenvalue weighted by Crippen LogP contribution is 2.27. The van der Waals surface area contributed by atoms with Gasteiger partial charge in [-0.3, -0.25) is 14.5 Å². The molecule has 154 valence electrons. The van der Waals surface area contributed by atoms with E-state index in [2.05, 4.69) is 18.7 Å². The maximum absolute atomic E-state index is 13.2. The molecular weight excluding hydrogens is 358 g/mol. The topological polar surface area (TPSA) is 66.2 Å². The maximum atomic E-state index is 13.2. The number of nitrogens with zero attached hydrogens (tertiary/aromatic N) is 3. The average molecular weight is 389 g/mol. The third-order valence-electron chi connectivity index (χ3n) is 6.11. The molecule has 28 heavy (non-hydrogen) atoms. The van der Waals surface area contributed by atoms with E-state index in [0.29, 0.717) is 19.5 Å². The summed E-state index contributed by atoms with van der Waals surface area (Å²) in [4.78, 5) is 31.8. The van der Waals surface area contributed by atoms with E-state index in [4.69, 9.17) is 9.15 Å². The summed E-state index contributed by atoms with van der Waals surface area (Å²) in [5.74, 6) is 0.718. The van der Waals surface area contributed by atoms with E-state index in [0.717, 1.165) is 44.8 Å². The first-order valence-corrected chi connectivity index (χ1v) is 10.5. The molecule has 0 bridgehead atoms. The van der Waals surface area contributed by atoms with Crippen molar-refractivity contribution in [3.63, 3.8) is 0 Å². The number of likely N-dealkylation sites (tertiary alicyclic amines) is 2. The Kier molecular flexibility index (Phi) is 5.73. The van der Waals surface area contributed by atoms with Crippen LogP contribution in [0.4, 0.5) is 0 Å². The van der Waals surface area contributed by atoms with Crippen LogP contribution in [-0.2, 0) is 20.9 Å². The van der Waals surface area contributed by atoms with E-state index in [1.165, 1.54) is 0 Å². The van der Waals surface area contributed by atoms with Crippen molar-refractivity contribution in [2.24, 2.45) is 5.92 Å². The molecule has 7 nitrogen and oxygen atoms in total. The molecule has 4 unspecified atom stereocenters. The summed E-state index contributed by atoms with van der Waals surface area (Å²) in [5.41, 5.74) is 0. The molecule has 3 aliphatic heterocycles. The van der Waals surface area contributed by atoms with Crippen molar-refractivity contribution in [3.05, 3.63) is 24.2 Å². The number of carbonyl (C=O) groups is 2. The largest absolute Gasteiger partial charge is 0.467 e. The van der Waals surface area contributed by atoms with Crippen LogP contribution in [0.2, 0.25) is 0 Å². The zero-order valence-corrected chi connectivity index (χ0v) is 16.9. The van der Waals surface area contributed by atoms with Crippen LogP contribution in [0.15, 0.2) is 22.8 Å². The molecule has 1 aromatic heterocycles. The highest BCUT2D eigenvalue weighted by Gasteiger charge is 2.40. The van der Waals surface area contributed by atoms with Crippen LogP contribution in [-0.4, -0.2) is 77.5 Å². The Morgan fingerprint density at radius 3 is 2.71 bits per heavy atom. The van der Waals surface area contributed by atoms with Crippen LogP contribution < -0.4 is 0 Å². The summed E-state index contributed by atoms with van der Waals surface area (Å²) in [5, 5.41) is 0. The fraction of sp³-hybridized carbons (Fsp3) is 0.714.